The van der Waals surface area contributed by atoms with Gasteiger partial charge >= 0.3 is 6.18 Å². The van der Waals surface area contributed by atoms with Crippen LogP contribution in [0.25, 0.3) is 0 Å². The number of aliphatic hydroxyl groups is 2. The minimum atomic E-state index is -4.99. The normalized spacial score (nSPS) is 29.5. The standard InChI is InChI=1S/C31H40F3N3O8/c1-7-37(18(12-38)29(2,3)4)11-14-10-17(39)20-15(22(14)31(32,33)34)8-13-9-16-23(36(5)6)25(41)21(28(35)44)27(43)30(16,45)26(42)19(13)24(20)40/h10,13,16,18-19,21,23,38-39,45H,7-9,11-12H2,1-6H3,(H2,35,44)/t13-,16-,18+,19?,21?,23-,30-/m0/s1. The van der Waals surface area contributed by atoms with Crippen LogP contribution >= 0.6 is 0 Å². The molecule has 2 saturated carbocycles. The number of nitrogens with two attached hydrogens (primary N) is 1. The number of benzene rings is 1. The minimum absolute atomic E-state index is 0.260. The van der Waals surface area contributed by atoms with Gasteiger partial charge in [-0.2, -0.15) is 13.2 Å². The van der Waals surface area contributed by atoms with Crippen molar-refractivity contribution in [3.05, 3.63) is 28.3 Å². The van der Waals surface area contributed by atoms with Gasteiger partial charge in [-0.15, -0.1) is 0 Å². The number of alkyl halides is 3. The molecule has 0 heterocycles. The van der Waals surface area contributed by atoms with E-state index >= 15 is 0 Å². The van der Waals surface area contributed by atoms with Crippen molar-refractivity contribution in [1.29, 1.82) is 0 Å². The van der Waals surface area contributed by atoms with E-state index in [4.69, 9.17) is 5.73 Å². The van der Waals surface area contributed by atoms with E-state index in [1.807, 2.05) is 20.8 Å². The van der Waals surface area contributed by atoms with Crippen LogP contribution < -0.4 is 5.73 Å². The maximum Gasteiger partial charge on any atom is 0.417 e. The molecular weight excluding hydrogens is 599 g/mol. The number of nitrogens with zero attached hydrogens (tertiary/aromatic N) is 2. The summed E-state index contributed by atoms with van der Waals surface area (Å²) in [5.41, 5.74) is -0.913. The summed E-state index contributed by atoms with van der Waals surface area (Å²) in [6, 6.07) is -1.09. The third-order valence-corrected chi connectivity index (χ3v) is 9.82. The molecule has 0 saturated heterocycles. The summed E-state index contributed by atoms with van der Waals surface area (Å²) in [5, 5.41) is 32.7. The molecule has 0 spiro atoms. The number of hydrogen-bond donors (Lipinski definition) is 4. The molecule has 0 aromatic heterocycles. The van der Waals surface area contributed by atoms with Crippen molar-refractivity contribution in [2.24, 2.45) is 34.8 Å². The van der Waals surface area contributed by atoms with Crippen LogP contribution in [0.3, 0.4) is 0 Å². The summed E-state index contributed by atoms with van der Waals surface area (Å²) in [4.78, 5) is 69.5. The lowest BCUT2D eigenvalue weighted by Gasteiger charge is -2.52. The molecule has 5 N–H and O–H groups in total. The van der Waals surface area contributed by atoms with Gasteiger partial charge in [-0.3, -0.25) is 33.8 Å². The average molecular weight is 640 g/mol. The molecule has 11 nitrogen and oxygen atoms in total. The highest BCUT2D eigenvalue weighted by atomic mass is 19.4. The molecule has 3 aliphatic rings. The Morgan fingerprint density at radius 3 is 2.20 bits per heavy atom. The number of halogens is 3. The SMILES string of the molecule is CCN(Cc1cc(O)c2c(c1C(F)(F)F)C[C@H]1C[C@H]3[C@H](N(C)C)C(=O)C(C(N)=O)C(=O)[C@@]3(O)C(=O)C1C2=O)[C@H](CO)C(C)(C)C. The smallest absolute Gasteiger partial charge is 0.417 e. The van der Waals surface area contributed by atoms with E-state index in [1.165, 1.54) is 19.0 Å². The van der Waals surface area contributed by atoms with Crippen LogP contribution in [0.15, 0.2) is 6.07 Å². The molecule has 7 atom stereocenters. The van der Waals surface area contributed by atoms with Crippen molar-refractivity contribution >= 4 is 29.0 Å². The first-order valence-electron chi connectivity index (χ1n) is 14.8. The van der Waals surface area contributed by atoms with Crippen LogP contribution in [0.2, 0.25) is 0 Å². The molecule has 14 heteroatoms. The number of rotatable bonds is 7. The molecule has 3 aliphatic carbocycles. The van der Waals surface area contributed by atoms with E-state index in [9.17, 15) is 52.5 Å². The number of fused-ring (bicyclic) bond motifs is 3. The first-order valence-corrected chi connectivity index (χ1v) is 14.8. The van der Waals surface area contributed by atoms with E-state index in [0.29, 0.717) is 0 Å². The first kappa shape index (κ1) is 34.7. The molecule has 45 heavy (non-hydrogen) atoms. The lowest BCUT2D eigenvalue weighted by molar-refractivity contribution is -0.181. The third-order valence-electron chi connectivity index (χ3n) is 9.82. The number of aromatic hydroxyl groups is 1. The Bertz CT molecular complexity index is 1450. The number of amides is 1. The van der Waals surface area contributed by atoms with Crippen molar-refractivity contribution in [3.8, 4) is 5.75 Å². The number of phenols is 1. The second-order valence-corrected chi connectivity index (χ2v) is 13.7. The van der Waals surface area contributed by atoms with Crippen LogP contribution in [-0.2, 0) is 38.3 Å². The quantitative estimate of drug-likeness (QED) is 0.316. The lowest BCUT2D eigenvalue weighted by Crippen LogP contribution is -2.74. The van der Waals surface area contributed by atoms with Gasteiger partial charge in [-0.05, 0) is 62.0 Å². The fraction of sp³-hybridized carbons (Fsp3) is 0.645. The number of carbonyl (C=O) groups excluding carboxylic acids is 5. The monoisotopic (exact) mass is 639 g/mol. The van der Waals surface area contributed by atoms with E-state index in [-0.39, 0.29) is 31.7 Å². The van der Waals surface area contributed by atoms with E-state index in [0.717, 1.165) is 6.07 Å². The summed E-state index contributed by atoms with van der Waals surface area (Å²) in [7, 11) is 2.83. The zero-order chi connectivity index (χ0) is 34.1. The summed E-state index contributed by atoms with van der Waals surface area (Å²) >= 11 is 0. The number of aliphatic hydroxyl groups excluding tert-OH is 1. The van der Waals surface area contributed by atoms with Crippen LogP contribution in [0.5, 0.6) is 5.75 Å². The van der Waals surface area contributed by atoms with Crippen molar-refractivity contribution in [2.45, 2.75) is 70.9 Å². The summed E-state index contributed by atoms with van der Waals surface area (Å²) < 4.78 is 44.6. The number of phenolic OH excluding ortho intramolecular Hbond substituents is 1. The molecular formula is C31H40F3N3O8. The maximum atomic E-state index is 14.9. The minimum Gasteiger partial charge on any atom is -0.507 e. The van der Waals surface area contributed by atoms with Gasteiger partial charge in [0.1, 0.15) is 5.75 Å². The molecule has 0 radical (unpaired) electrons. The van der Waals surface area contributed by atoms with Crippen molar-refractivity contribution < 1.29 is 52.5 Å². The Kier molecular flexibility index (Phi) is 8.90. The number of primary amides is 1. The predicted octanol–water partition coefficient (Wildman–Crippen LogP) is 1.11. The fourth-order valence-corrected chi connectivity index (χ4v) is 7.82. The lowest BCUT2D eigenvalue weighted by atomic mass is 9.52. The second-order valence-electron chi connectivity index (χ2n) is 13.7. The number of likely N-dealkylation sites (N-methyl/N-ethyl adjacent to an activating group) is 2. The van der Waals surface area contributed by atoms with Gasteiger partial charge < -0.3 is 21.1 Å². The van der Waals surface area contributed by atoms with Gasteiger partial charge in [-0.25, -0.2) is 0 Å². The number of carbonyl (C=O) groups is 5. The second kappa shape index (κ2) is 11.6. The first-order chi connectivity index (χ1) is 20.6. The highest BCUT2D eigenvalue weighted by Crippen LogP contribution is 2.53. The molecule has 2 fully saturated rings. The van der Waals surface area contributed by atoms with Crippen molar-refractivity contribution in [1.82, 2.24) is 9.80 Å². The Morgan fingerprint density at radius 2 is 1.73 bits per heavy atom. The Hall–Kier alpha value is -3.20. The van der Waals surface area contributed by atoms with Gasteiger partial charge in [0.25, 0.3) is 0 Å². The highest BCUT2D eigenvalue weighted by molar-refractivity contribution is 6.32. The number of hydrogen-bond acceptors (Lipinski definition) is 10. The van der Waals surface area contributed by atoms with Crippen LogP contribution in [0.4, 0.5) is 13.2 Å². The Morgan fingerprint density at radius 1 is 1.13 bits per heavy atom. The number of Topliss-reactive ketones (excluding diaryl/α,β-unsaturated/α-hetero) is 4. The zero-order valence-corrected chi connectivity index (χ0v) is 26.1. The molecule has 1 amide bonds. The summed E-state index contributed by atoms with van der Waals surface area (Å²) in [6.07, 6.45) is -5.88. The summed E-state index contributed by atoms with van der Waals surface area (Å²) in [5.74, 6) is -13.7. The van der Waals surface area contributed by atoms with Crippen LogP contribution in [0, 0.1) is 29.1 Å². The third kappa shape index (κ3) is 5.38. The molecule has 0 bridgehead atoms. The van der Waals surface area contributed by atoms with Crippen LogP contribution in [0.1, 0.15) is 61.2 Å². The largest absolute Gasteiger partial charge is 0.507 e. The van der Waals surface area contributed by atoms with Gasteiger partial charge in [-0.1, -0.05) is 27.7 Å². The van der Waals surface area contributed by atoms with Crippen LogP contribution in [-0.4, -0.2) is 99.1 Å². The Labute approximate surface area is 258 Å². The van der Waals surface area contributed by atoms with Crippen molar-refractivity contribution in [3.63, 3.8) is 0 Å². The van der Waals surface area contributed by atoms with Crippen molar-refractivity contribution in [2.75, 3.05) is 27.2 Å². The van der Waals surface area contributed by atoms with E-state index in [2.05, 4.69) is 0 Å². The number of ketones is 4. The van der Waals surface area contributed by atoms with E-state index < -0.39 is 111 Å². The zero-order valence-electron chi connectivity index (χ0n) is 26.1. The van der Waals surface area contributed by atoms with Gasteiger partial charge in [0.15, 0.2) is 34.7 Å². The highest BCUT2D eigenvalue weighted by Gasteiger charge is 2.69. The molecule has 248 valence electrons. The van der Waals surface area contributed by atoms with Gasteiger partial charge in [0, 0.05) is 18.5 Å². The molecule has 4 rings (SSSR count). The van der Waals surface area contributed by atoms with Gasteiger partial charge in [0.2, 0.25) is 5.91 Å². The molecule has 2 unspecified atom stereocenters. The van der Waals surface area contributed by atoms with Gasteiger partial charge in [0.05, 0.1) is 29.7 Å². The molecule has 1 aromatic carbocycles. The predicted molar refractivity (Wildman–Crippen MR) is 153 cm³/mol. The average Bonchev–Trinajstić information content (AvgIpc) is 2.88. The molecule has 1 aromatic rings. The Balaban J connectivity index is 1.89. The van der Waals surface area contributed by atoms with E-state index in [1.54, 1.807) is 11.8 Å². The molecule has 0 aliphatic heterocycles. The topological polar surface area (TPSA) is 179 Å². The fourth-order valence-electron chi connectivity index (χ4n) is 7.82. The maximum absolute atomic E-state index is 14.9. The summed E-state index contributed by atoms with van der Waals surface area (Å²) in [6.45, 7) is 6.82.